The van der Waals surface area contributed by atoms with Gasteiger partial charge in [-0.05, 0) is 33.6 Å². The molecule has 0 fully saturated rings. The first-order chi connectivity index (χ1) is 10.9. The van der Waals surface area contributed by atoms with Crippen LogP contribution in [0.5, 0.6) is 0 Å². The van der Waals surface area contributed by atoms with Crippen molar-refractivity contribution >= 4 is 11.9 Å². The van der Waals surface area contributed by atoms with Gasteiger partial charge in [-0.1, -0.05) is 6.92 Å². The summed E-state index contributed by atoms with van der Waals surface area (Å²) in [7, 11) is 0. The average molecular weight is 380 g/mol. The minimum Gasteiger partial charge on any atom is -0.481 e. The number of carboxylic acid groups (broad SMARTS) is 1. The van der Waals surface area contributed by atoms with Crippen molar-refractivity contribution in [2.24, 2.45) is 17.8 Å². The van der Waals surface area contributed by atoms with E-state index in [4.69, 9.17) is 9.84 Å². The molecule has 1 N–H and O–H groups in total. The van der Waals surface area contributed by atoms with E-state index >= 15 is 0 Å². The fraction of sp³-hybridized carbons (Fsp3) is 0.867. The number of carbonyl (C=O) groups excluding carboxylic acids is 1. The second-order valence-corrected chi connectivity index (χ2v) is 6.92. The average Bonchev–Trinajstić information content (AvgIpc) is 2.32. The largest absolute Gasteiger partial charge is 0.481 e. The Labute approximate surface area is 141 Å². The second-order valence-electron chi connectivity index (χ2n) is 6.92. The molecule has 3 unspecified atom stereocenters. The third kappa shape index (κ3) is 9.54. The van der Waals surface area contributed by atoms with E-state index in [-0.39, 0.29) is 0 Å². The molecule has 0 bridgehead atoms. The number of aliphatic carboxylic acids is 1. The van der Waals surface area contributed by atoms with E-state index in [2.05, 4.69) is 0 Å². The number of esters is 1. The number of ether oxygens (including phenoxy) is 1. The minimum absolute atomic E-state index is 0.736. The number of hydrogen-bond acceptors (Lipinski definition) is 3. The molecular weight excluding hydrogens is 358 g/mol. The van der Waals surface area contributed by atoms with Gasteiger partial charge in [-0.15, -0.1) is 0 Å². The Hall–Kier alpha value is -1.48. The first kappa shape index (κ1) is 23.5. The summed E-state index contributed by atoms with van der Waals surface area (Å²) in [6.07, 6.45) is -12.9. The van der Waals surface area contributed by atoms with Crippen molar-refractivity contribution in [1.82, 2.24) is 0 Å². The zero-order valence-corrected chi connectivity index (χ0v) is 14.3. The predicted octanol–water partition coefficient (Wildman–Crippen LogP) is 4.58. The molecule has 10 heteroatoms. The van der Waals surface area contributed by atoms with Gasteiger partial charge in [0.1, 0.15) is 5.60 Å². The lowest BCUT2D eigenvalue weighted by molar-refractivity contribution is -0.186. The van der Waals surface area contributed by atoms with Crippen molar-refractivity contribution in [3.05, 3.63) is 0 Å². The fourth-order valence-electron chi connectivity index (χ4n) is 2.13. The lowest BCUT2D eigenvalue weighted by Gasteiger charge is -2.29. The molecule has 0 saturated heterocycles. The number of carboxylic acids is 1. The quantitative estimate of drug-likeness (QED) is 0.519. The zero-order valence-electron chi connectivity index (χ0n) is 14.3. The molecule has 0 aliphatic rings. The maximum Gasteiger partial charge on any atom is 0.391 e. The van der Waals surface area contributed by atoms with Gasteiger partial charge < -0.3 is 9.84 Å². The maximum atomic E-state index is 12.8. The summed E-state index contributed by atoms with van der Waals surface area (Å²) in [5, 5.41) is 9.15. The SMILES string of the molecule is CC(CC(C(=O)OC(C)(C)C)C(CCC(F)(F)F)C(=O)O)C(F)(F)F. The molecule has 0 heterocycles. The molecule has 0 rings (SSSR count). The molecule has 0 aromatic rings. The lowest BCUT2D eigenvalue weighted by Crippen LogP contribution is -2.38. The Morgan fingerprint density at radius 3 is 1.80 bits per heavy atom. The number of rotatable bonds is 7. The van der Waals surface area contributed by atoms with Crippen LogP contribution >= 0.6 is 0 Å². The van der Waals surface area contributed by atoms with Gasteiger partial charge in [0.25, 0.3) is 0 Å². The van der Waals surface area contributed by atoms with Crippen LogP contribution in [0.1, 0.15) is 47.0 Å². The van der Waals surface area contributed by atoms with Crippen LogP contribution in [0.15, 0.2) is 0 Å². The van der Waals surface area contributed by atoms with E-state index in [0.717, 1.165) is 6.92 Å². The van der Waals surface area contributed by atoms with Crippen molar-refractivity contribution < 1.29 is 45.8 Å². The molecule has 0 amide bonds. The molecule has 4 nitrogen and oxygen atoms in total. The number of halogens is 6. The van der Waals surface area contributed by atoms with Gasteiger partial charge in [0, 0.05) is 6.42 Å². The number of alkyl halides is 6. The Morgan fingerprint density at radius 1 is 1.00 bits per heavy atom. The fourth-order valence-corrected chi connectivity index (χ4v) is 2.13. The highest BCUT2D eigenvalue weighted by Crippen LogP contribution is 2.37. The van der Waals surface area contributed by atoms with E-state index in [1.54, 1.807) is 0 Å². The second kappa shape index (κ2) is 8.27. The van der Waals surface area contributed by atoms with Crippen molar-refractivity contribution in [1.29, 1.82) is 0 Å². The molecular formula is C15H22F6O4. The summed E-state index contributed by atoms with van der Waals surface area (Å²) < 4.78 is 80.4. The molecule has 0 aromatic heterocycles. The van der Waals surface area contributed by atoms with E-state index in [0.29, 0.717) is 0 Å². The van der Waals surface area contributed by atoms with Crippen LogP contribution in [-0.4, -0.2) is 35.0 Å². The van der Waals surface area contributed by atoms with Crippen molar-refractivity contribution in [2.45, 2.75) is 64.9 Å². The van der Waals surface area contributed by atoms with Gasteiger partial charge in [-0.2, -0.15) is 26.3 Å². The Bertz CT molecular complexity index is 464. The minimum atomic E-state index is -4.71. The van der Waals surface area contributed by atoms with Gasteiger partial charge in [-0.25, -0.2) is 0 Å². The highest BCUT2D eigenvalue weighted by atomic mass is 19.4. The van der Waals surface area contributed by atoms with Crippen LogP contribution < -0.4 is 0 Å². The summed E-state index contributed by atoms with van der Waals surface area (Å²) in [6.45, 7) is 4.99. The lowest BCUT2D eigenvalue weighted by atomic mass is 9.82. The van der Waals surface area contributed by atoms with Crippen LogP contribution in [0, 0.1) is 17.8 Å². The monoisotopic (exact) mass is 380 g/mol. The standard InChI is InChI=1S/C15H22F6O4/c1-8(15(19,20)21)7-10(12(24)25-13(2,3)4)9(11(22)23)5-6-14(16,17)18/h8-10H,5-7H2,1-4H3,(H,22,23). The van der Waals surface area contributed by atoms with Gasteiger partial charge in [0.05, 0.1) is 17.8 Å². The van der Waals surface area contributed by atoms with Crippen molar-refractivity contribution in [3.63, 3.8) is 0 Å². The molecule has 0 radical (unpaired) electrons. The Balaban J connectivity index is 5.55. The molecule has 0 spiro atoms. The van der Waals surface area contributed by atoms with E-state index in [1.807, 2.05) is 0 Å². The Morgan fingerprint density at radius 2 is 1.48 bits per heavy atom. The molecule has 0 aromatic carbocycles. The van der Waals surface area contributed by atoms with Crippen LogP contribution in [0.25, 0.3) is 0 Å². The summed E-state index contributed by atoms with van der Waals surface area (Å²) in [5.41, 5.74) is -1.12. The third-order valence-electron chi connectivity index (χ3n) is 3.42. The van der Waals surface area contributed by atoms with Gasteiger partial charge in [-0.3, -0.25) is 9.59 Å². The first-order valence-corrected chi connectivity index (χ1v) is 7.53. The summed E-state index contributed by atoms with van der Waals surface area (Å²) >= 11 is 0. The van der Waals surface area contributed by atoms with Gasteiger partial charge in [0.15, 0.2) is 0 Å². The highest BCUT2D eigenvalue weighted by molar-refractivity contribution is 5.81. The number of hydrogen-bond donors (Lipinski definition) is 1. The number of carbonyl (C=O) groups is 2. The molecule has 25 heavy (non-hydrogen) atoms. The van der Waals surface area contributed by atoms with Crippen molar-refractivity contribution in [3.8, 4) is 0 Å². The van der Waals surface area contributed by atoms with Gasteiger partial charge in [0.2, 0.25) is 0 Å². The normalized spacial score (nSPS) is 16.9. The zero-order chi connectivity index (χ0) is 20.2. The highest BCUT2D eigenvalue weighted by Gasteiger charge is 2.45. The maximum absolute atomic E-state index is 12.8. The summed E-state index contributed by atoms with van der Waals surface area (Å²) in [5.74, 6) is -8.86. The Kier molecular flexibility index (Phi) is 7.78. The molecule has 0 saturated carbocycles. The van der Waals surface area contributed by atoms with E-state index < -0.39 is 66.9 Å². The molecule has 148 valence electrons. The van der Waals surface area contributed by atoms with Crippen LogP contribution in [-0.2, 0) is 14.3 Å². The van der Waals surface area contributed by atoms with Crippen LogP contribution in [0.3, 0.4) is 0 Å². The van der Waals surface area contributed by atoms with Crippen LogP contribution in [0.4, 0.5) is 26.3 Å². The summed E-state index contributed by atoms with van der Waals surface area (Å²) in [6, 6.07) is 0. The topological polar surface area (TPSA) is 63.6 Å². The van der Waals surface area contributed by atoms with E-state index in [1.165, 1.54) is 20.8 Å². The molecule has 3 atom stereocenters. The van der Waals surface area contributed by atoms with Crippen molar-refractivity contribution in [2.75, 3.05) is 0 Å². The molecule has 0 aliphatic carbocycles. The first-order valence-electron chi connectivity index (χ1n) is 7.53. The van der Waals surface area contributed by atoms with Crippen LogP contribution in [0.2, 0.25) is 0 Å². The van der Waals surface area contributed by atoms with E-state index in [9.17, 15) is 35.9 Å². The molecule has 0 aliphatic heterocycles. The predicted molar refractivity (Wildman–Crippen MR) is 75.6 cm³/mol. The smallest absolute Gasteiger partial charge is 0.391 e. The van der Waals surface area contributed by atoms with Gasteiger partial charge >= 0.3 is 24.3 Å². The third-order valence-corrected chi connectivity index (χ3v) is 3.42. The summed E-state index contributed by atoms with van der Waals surface area (Å²) in [4.78, 5) is 23.5.